The molecule has 0 radical (unpaired) electrons. The zero-order valence-electron chi connectivity index (χ0n) is 8.88. The predicted octanol–water partition coefficient (Wildman–Crippen LogP) is 5.37. The summed E-state index contributed by atoms with van der Waals surface area (Å²) in [6, 6.07) is 13.6. The molecule has 0 aliphatic carbocycles. The van der Waals surface area contributed by atoms with Crippen LogP contribution in [-0.4, -0.2) is 0 Å². The second-order valence-corrected chi connectivity index (χ2v) is 5.43. The molecule has 1 N–H and O–H groups in total. The lowest BCUT2D eigenvalue weighted by atomic mass is 10.2. The summed E-state index contributed by atoms with van der Waals surface area (Å²) in [6.07, 6.45) is 0. The Kier molecular flexibility index (Phi) is 4.32. The van der Waals surface area contributed by atoms with Crippen LogP contribution in [-0.2, 0) is 6.54 Å². The molecule has 0 aliphatic rings. The molecule has 2 rings (SSSR count). The molecular weight excluding hydrogens is 321 g/mol. The van der Waals surface area contributed by atoms with E-state index in [0.717, 1.165) is 16.7 Å². The quantitative estimate of drug-likeness (QED) is 0.797. The number of halogens is 3. The molecule has 17 heavy (non-hydrogen) atoms. The lowest BCUT2D eigenvalue weighted by molar-refractivity contribution is 1.15. The second kappa shape index (κ2) is 5.76. The van der Waals surface area contributed by atoms with Gasteiger partial charge in [-0.25, -0.2) is 0 Å². The maximum atomic E-state index is 5.92. The van der Waals surface area contributed by atoms with Crippen molar-refractivity contribution in [1.82, 2.24) is 0 Å². The van der Waals surface area contributed by atoms with E-state index in [9.17, 15) is 0 Å². The van der Waals surface area contributed by atoms with Gasteiger partial charge in [0.15, 0.2) is 0 Å². The Morgan fingerprint density at radius 2 is 1.53 bits per heavy atom. The van der Waals surface area contributed by atoms with E-state index in [1.165, 1.54) is 5.56 Å². The average molecular weight is 331 g/mol. The van der Waals surface area contributed by atoms with Crippen LogP contribution < -0.4 is 5.32 Å². The molecule has 0 aromatic heterocycles. The van der Waals surface area contributed by atoms with Gasteiger partial charge in [-0.1, -0.05) is 51.3 Å². The van der Waals surface area contributed by atoms with E-state index in [1.807, 2.05) is 24.3 Å². The molecule has 88 valence electrons. The second-order valence-electron chi connectivity index (χ2n) is 3.64. The van der Waals surface area contributed by atoms with Crippen LogP contribution in [0.15, 0.2) is 46.9 Å². The fraction of sp³-hybridized carbons (Fsp3) is 0.0769. The van der Waals surface area contributed by atoms with Crippen molar-refractivity contribution in [3.63, 3.8) is 0 Å². The molecule has 4 heteroatoms. The highest BCUT2D eigenvalue weighted by molar-refractivity contribution is 9.10. The van der Waals surface area contributed by atoms with Crippen LogP contribution in [0.2, 0.25) is 10.0 Å². The van der Waals surface area contributed by atoms with Gasteiger partial charge >= 0.3 is 0 Å². The normalized spacial score (nSPS) is 10.3. The number of hydrogen-bond acceptors (Lipinski definition) is 1. The summed E-state index contributed by atoms with van der Waals surface area (Å²) >= 11 is 15.2. The van der Waals surface area contributed by atoms with E-state index in [2.05, 4.69) is 33.4 Å². The third kappa shape index (κ3) is 3.91. The highest BCUT2D eigenvalue weighted by Gasteiger charge is 1.98. The van der Waals surface area contributed by atoms with Crippen LogP contribution in [0.3, 0.4) is 0 Å². The Hall–Kier alpha value is -0.700. The first-order valence-electron chi connectivity index (χ1n) is 5.08. The number of nitrogens with one attached hydrogen (secondary N) is 1. The lowest BCUT2D eigenvalue weighted by Gasteiger charge is -2.07. The van der Waals surface area contributed by atoms with Crippen molar-refractivity contribution >= 4 is 44.8 Å². The Labute approximate surface area is 119 Å². The first-order valence-corrected chi connectivity index (χ1v) is 6.63. The summed E-state index contributed by atoms with van der Waals surface area (Å²) < 4.78 is 1.08. The molecule has 2 aromatic carbocycles. The van der Waals surface area contributed by atoms with E-state index in [4.69, 9.17) is 23.2 Å². The summed E-state index contributed by atoms with van der Waals surface area (Å²) in [5.41, 5.74) is 2.12. The molecular formula is C13H10BrCl2N. The predicted molar refractivity (Wildman–Crippen MR) is 77.9 cm³/mol. The molecule has 2 aromatic rings. The van der Waals surface area contributed by atoms with E-state index in [1.54, 1.807) is 6.07 Å². The maximum absolute atomic E-state index is 5.92. The highest BCUT2D eigenvalue weighted by Crippen LogP contribution is 2.23. The van der Waals surface area contributed by atoms with Crippen LogP contribution in [0.1, 0.15) is 5.56 Å². The summed E-state index contributed by atoms with van der Waals surface area (Å²) in [4.78, 5) is 0. The van der Waals surface area contributed by atoms with Gasteiger partial charge in [0.05, 0.1) is 0 Å². The van der Waals surface area contributed by atoms with Crippen LogP contribution in [0.4, 0.5) is 5.69 Å². The largest absolute Gasteiger partial charge is 0.381 e. The first kappa shape index (κ1) is 12.7. The van der Waals surface area contributed by atoms with E-state index in [0.29, 0.717) is 10.0 Å². The van der Waals surface area contributed by atoms with Crippen molar-refractivity contribution < 1.29 is 0 Å². The molecule has 0 heterocycles. The zero-order chi connectivity index (χ0) is 12.3. The van der Waals surface area contributed by atoms with Gasteiger partial charge in [-0.3, -0.25) is 0 Å². The Bertz CT molecular complexity index is 491. The van der Waals surface area contributed by atoms with Gasteiger partial charge in [0.1, 0.15) is 0 Å². The van der Waals surface area contributed by atoms with E-state index < -0.39 is 0 Å². The summed E-state index contributed by atoms with van der Waals surface area (Å²) in [5.74, 6) is 0. The SMILES string of the molecule is Clc1cc(Cl)cc(NCc2ccc(Br)cc2)c1. The molecule has 1 nitrogen and oxygen atoms in total. The third-order valence-electron chi connectivity index (χ3n) is 2.27. The van der Waals surface area contributed by atoms with Crippen molar-refractivity contribution in [1.29, 1.82) is 0 Å². The number of hydrogen-bond donors (Lipinski definition) is 1. The van der Waals surface area contributed by atoms with Crippen LogP contribution >= 0.6 is 39.1 Å². The summed E-state index contributed by atoms with van der Waals surface area (Å²) in [7, 11) is 0. The van der Waals surface area contributed by atoms with Crippen LogP contribution in [0, 0.1) is 0 Å². The van der Waals surface area contributed by atoms with Crippen LogP contribution in [0.25, 0.3) is 0 Å². The average Bonchev–Trinajstić information content (AvgIpc) is 2.27. The molecule has 0 amide bonds. The molecule has 0 atom stereocenters. The zero-order valence-corrected chi connectivity index (χ0v) is 12.0. The lowest BCUT2D eigenvalue weighted by Crippen LogP contribution is -1.98. The van der Waals surface area contributed by atoms with Gasteiger partial charge in [0.25, 0.3) is 0 Å². The smallest absolute Gasteiger partial charge is 0.0441 e. The topological polar surface area (TPSA) is 12.0 Å². The number of anilines is 1. The first-order chi connectivity index (χ1) is 8.13. The number of benzene rings is 2. The van der Waals surface area contributed by atoms with Crippen molar-refractivity contribution in [2.45, 2.75) is 6.54 Å². The Morgan fingerprint density at radius 1 is 0.941 bits per heavy atom. The highest BCUT2D eigenvalue weighted by atomic mass is 79.9. The molecule has 0 saturated carbocycles. The molecule has 0 fully saturated rings. The minimum atomic E-state index is 0.635. The fourth-order valence-corrected chi connectivity index (χ4v) is 2.25. The molecule has 0 spiro atoms. The summed E-state index contributed by atoms with van der Waals surface area (Å²) in [6.45, 7) is 0.740. The van der Waals surface area contributed by atoms with Crippen LogP contribution in [0.5, 0.6) is 0 Å². The summed E-state index contributed by atoms with van der Waals surface area (Å²) in [5, 5.41) is 4.55. The third-order valence-corrected chi connectivity index (χ3v) is 3.24. The maximum Gasteiger partial charge on any atom is 0.0441 e. The van der Waals surface area contributed by atoms with Crippen molar-refractivity contribution in [3.8, 4) is 0 Å². The van der Waals surface area contributed by atoms with Gasteiger partial charge in [-0.2, -0.15) is 0 Å². The molecule has 0 bridgehead atoms. The molecule has 0 unspecified atom stereocenters. The van der Waals surface area contributed by atoms with Crippen molar-refractivity contribution in [3.05, 3.63) is 62.5 Å². The van der Waals surface area contributed by atoms with Gasteiger partial charge in [-0.05, 0) is 35.9 Å². The monoisotopic (exact) mass is 329 g/mol. The van der Waals surface area contributed by atoms with Gasteiger partial charge in [0.2, 0.25) is 0 Å². The van der Waals surface area contributed by atoms with Gasteiger partial charge in [0, 0.05) is 26.8 Å². The Morgan fingerprint density at radius 3 is 2.12 bits per heavy atom. The molecule has 0 aliphatic heterocycles. The molecule has 0 saturated heterocycles. The van der Waals surface area contributed by atoms with E-state index in [-0.39, 0.29) is 0 Å². The van der Waals surface area contributed by atoms with Crippen molar-refractivity contribution in [2.75, 3.05) is 5.32 Å². The number of rotatable bonds is 3. The fourth-order valence-electron chi connectivity index (χ4n) is 1.46. The minimum absolute atomic E-state index is 0.635. The minimum Gasteiger partial charge on any atom is -0.381 e. The van der Waals surface area contributed by atoms with E-state index >= 15 is 0 Å². The van der Waals surface area contributed by atoms with Gasteiger partial charge < -0.3 is 5.32 Å². The van der Waals surface area contributed by atoms with Gasteiger partial charge in [-0.15, -0.1) is 0 Å². The van der Waals surface area contributed by atoms with Crippen molar-refractivity contribution in [2.24, 2.45) is 0 Å². The standard InChI is InChI=1S/C13H10BrCl2N/c14-10-3-1-9(2-4-10)8-17-13-6-11(15)5-12(16)7-13/h1-7,17H,8H2. The Balaban J connectivity index is 2.04.